The molecule has 3 heterocycles. The van der Waals surface area contributed by atoms with Crippen LogP contribution in [0.1, 0.15) is 43.7 Å². The van der Waals surface area contributed by atoms with E-state index in [1.54, 1.807) is 0 Å². The Hall–Kier alpha value is -0.900. The molecule has 0 aliphatic carbocycles. The van der Waals surface area contributed by atoms with Gasteiger partial charge in [0.1, 0.15) is 0 Å². The van der Waals surface area contributed by atoms with Gasteiger partial charge < -0.3 is 20.2 Å². The average molecular weight is 556 g/mol. The number of likely N-dealkylation sites (tertiary alicyclic amines) is 2. The molecule has 2 unspecified atom stereocenters. The third-order valence-electron chi connectivity index (χ3n) is 7.02. The molecule has 0 spiro atoms. The number of nitrogens with zero attached hydrogens (tertiary/aromatic N) is 4. The van der Waals surface area contributed by atoms with Crippen molar-refractivity contribution in [2.45, 2.75) is 51.7 Å². The van der Waals surface area contributed by atoms with Gasteiger partial charge in [-0.3, -0.25) is 9.89 Å². The van der Waals surface area contributed by atoms with Gasteiger partial charge in [0.2, 0.25) is 0 Å². The van der Waals surface area contributed by atoms with E-state index in [0.29, 0.717) is 13.1 Å². The lowest BCUT2D eigenvalue weighted by Gasteiger charge is -2.30. The third-order valence-corrected chi connectivity index (χ3v) is 7.02. The summed E-state index contributed by atoms with van der Waals surface area (Å²) in [4.78, 5) is 12.2. The number of aliphatic hydroxyl groups is 1. The molecule has 1 aromatic carbocycles. The highest BCUT2D eigenvalue weighted by molar-refractivity contribution is 14.0. The number of piperidine rings is 1. The molecule has 2 saturated heterocycles. The summed E-state index contributed by atoms with van der Waals surface area (Å²) in [5.74, 6) is 1.71. The predicted molar refractivity (Wildman–Crippen MR) is 143 cm³/mol. The van der Waals surface area contributed by atoms with Crippen LogP contribution in [0.5, 0.6) is 0 Å². The SMILES string of the molecule is CCNC(=NCC(O)CN1CCc2ccccc2C1)N1CCC(CN2CCCCC2)C1.I. The van der Waals surface area contributed by atoms with Gasteiger partial charge in [-0.15, -0.1) is 24.0 Å². The fraction of sp³-hybridized carbons (Fsp3) is 0.720. The molecule has 2 N–H and O–H groups in total. The maximum Gasteiger partial charge on any atom is 0.194 e. The van der Waals surface area contributed by atoms with Crippen molar-refractivity contribution in [2.75, 3.05) is 58.9 Å². The highest BCUT2D eigenvalue weighted by Gasteiger charge is 2.27. The first-order valence-electron chi connectivity index (χ1n) is 12.4. The van der Waals surface area contributed by atoms with E-state index < -0.39 is 6.10 Å². The fourth-order valence-electron chi connectivity index (χ4n) is 5.36. The van der Waals surface area contributed by atoms with Gasteiger partial charge in [0.25, 0.3) is 0 Å². The van der Waals surface area contributed by atoms with Crippen LogP contribution in [-0.2, 0) is 13.0 Å². The highest BCUT2D eigenvalue weighted by atomic mass is 127. The molecule has 1 aromatic rings. The predicted octanol–water partition coefficient (Wildman–Crippen LogP) is 2.80. The number of aliphatic hydroxyl groups excluding tert-OH is 1. The first-order chi connectivity index (χ1) is 15.2. The second kappa shape index (κ2) is 13.1. The average Bonchev–Trinajstić information content (AvgIpc) is 3.25. The number of fused-ring (bicyclic) bond motifs is 1. The maximum atomic E-state index is 10.7. The van der Waals surface area contributed by atoms with E-state index in [4.69, 9.17) is 4.99 Å². The minimum absolute atomic E-state index is 0. The topological polar surface area (TPSA) is 54.3 Å². The second-order valence-electron chi connectivity index (χ2n) is 9.56. The Kier molecular flexibility index (Phi) is 10.5. The van der Waals surface area contributed by atoms with E-state index in [1.165, 1.54) is 56.4 Å². The molecule has 4 rings (SSSR count). The van der Waals surface area contributed by atoms with Crippen molar-refractivity contribution in [2.24, 2.45) is 10.9 Å². The van der Waals surface area contributed by atoms with E-state index in [1.807, 2.05) is 0 Å². The zero-order valence-electron chi connectivity index (χ0n) is 19.7. The first kappa shape index (κ1) is 25.7. The van der Waals surface area contributed by atoms with Gasteiger partial charge in [-0.2, -0.15) is 0 Å². The van der Waals surface area contributed by atoms with E-state index >= 15 is 0 Å². The number of halogens is 1. The number of β-amino-alcohol motifs (C(OH)–C–C–N with tert-alkyl or cyclic N) is 1. The standard InChI is InChI=1S/C25H41N5O.HI/c1-2-26-25(30-15-10-21(18-30)17-28-12-6-3-7-13-28)27-16-24(31)20-29-14-11-22-8-4-5-9-23(22)19-29;/h4-5,8-9,21,24,31H,2-3,6-7,10-20H2,1H3,(H,26,27);1H. The smallest absolute Gasteiger partial charge is 0.194 e. The van der Waals surface area contributed by atoms with Crippen LogP contribution < -0.4 is 5.32 Å². The quantitative estimate of drug-likeness (QED) is 0.308. The highest BCUT2D eigenvalue weighted by Crippen LogP contribution is 2.21. The van der Waals surface area contributed by atoms with E-state index in [-0.39, 0.29) is 24.0 Å². The Morgan fingerprint density at radius 1 is 1.09 bits per heavy atom. The van der Waals surface area contributed by atoms with Crippen molar-refractivity contribution in [3.05, 3.63) is 35.4 Å². The van der Waals surface area contributed by atoms with Gasteiger partial charge in [0.05, 0.1) is 12.6 Å². The second-order valence-corrected chi connectivity index (χ2v) is 9.56. The number of guanidine groups is 1. The molecular weight excluding hydrogens is 513 g/mol. The van der Waals surface area contributed by atoms with Crippen LogP contribution in [0.25, 0.3) is 0 Å². The molecule has 7 heteroatoms. The van der Waals surface area contributed by atoms with Crippen LogP contribution in [0.15, 0.2) is 29.3 Å². The Bertz CT molecular complexity index is 724. The molecule has 3 aliphatic heterocycles. The molecule has 3 aliphatic rings. The van der Waals surface area contributed by atoms with Gasteiger partial charge in [-0.05, 0) is 62.7 Å². The Morgan fingerprint density at radius 2 is 1.88 bits per heavy atom. The number of benzene rings is 1. The lowest BCUT2D eigenvalue weighted by Crippen LogP contribution is -2.42. The van der Waals surface area contributed by atoms with Crippen molar-refractivity contribution in [1.82, 2.24) is 20.0 Å². The number of aliphatic imine (C=N–C) groups is 1. The monoisotopic (exact) mass is 555 g/mol. The molecule has 0 bridgehead atoms. The minimum Gasteiger partial charge on any atom is -0.390 e. The van der Waals surface area contributed by atoms with Gasteiger partial charge in [0.15, 0.2) is 5.96 Å². The van der Waals surface area contributed by atoms with Crippen LogP contribution in [0.3, 0.4) is 0 Å². The van der Waals surface area contributed by atoms with Gasteiger partial charge in [-0.1, -0.05) is 30.7 Å². The van der Waals surface area contributed by atoms with E-state index in [9.17, 15) is 5.11 Å². The lowest BCUT2D eigenvalue weighted by molar-refractivity contribution is 0.111. The van der Waals surface area contributed by atoms with Crippen molar-refractivity contribution in [3.63, 3.8) is 0 Å². The fourth-order valence-corrected chi connectivity index (χ4v) is 5.36. The summed E-state index contributed by atoms with van der Waals surface area (Å²) in [6.07, 6.45) is 6.02. The summed E-state index contributed by atoms with van der Waals surface area (Å²) in [6.45, 7) is 12.0. The molecule has 2 fully saturated rings. The Morgan fingerprint density at radius 3 is 2.66 bits per heavy atom. The molecular formula is C25H42IN5O. The molecule has 0 aromatic heterocycles. The van der Waals surface area contributed by atoms with Gasteiger partial charge in [-0.25, -0.2) is 0 Å². The van der Waals surface area contributed by atoms with Crippen molar-refractivity contribution < 1.29 is 5.11 Å². The lowest BCUT2D eigenvalue weighted by atomic mass is 10.00. The number of hydrogen-bond donors (Lipinski definition) is 2. The molecule has 32 heavy (non-hydrogen) atoms. The van der Waals surface area contributed by atoms with Crippen LogP contribution in [0.4, 0.5) is 0 Å². The molecule has 0 amide bonds. The van der Waals surface area contributed by atoms with Gasteiger partial charge in [0, 0.05) is 45.8 Å². The van der Waals surface area contributed by atoms with Crippen molar-refractivity contribution in [1.29, 1.82) is 0 Å². The third kappa shape index (κ3) is 7.30. The van der Waals surface area contributed by atoms with Gasteiger partial charge >= 0.3 is 0 Å². The zero-order chi connectivity index (χ0) is 21.5. The van der Waals surface area contributed by atoms with Crippen molar-refractivity contribution in [3.8, 4) is 0 Å². The van der Waals surface area contributed by atoms with Crippen molar-refractivity contribution >= 4 is 29.9 Å². The van der Waals surface area contributed by atoms with Crippen LogP contribution in [-0.4, -0.2) is 90.8 Å². The number of hydrogen-bond acceptors (Lipinski definition) is 4. The van der Waals surface area contributed by atoms with Crippen LogP contribution in [0, 0.1) is 5.92 Å². The van der Waals surface area contributed by atoms with Crippen LogP contribution in [0.2, 0.25) is 0 Å². The first-order valence-corrected chi connectivity index (χ1v) is 12.4. The number of nitrogens with one attached hydrogen (secondary N) is 1. The summed E-state index contributed by atoms with van der Waals surface area (Å²) >= 11 is 0. The van der Waals surface area contributed by atoms with Crippen LogP contribution >= 0.6 is 24.0 Å². The zero-order valence-corrected chi connectivity index (χ0v) is 22.0. The summed E-state index contributed by atoms with van der Waals surface area (Å²) in [6, 6.07) is 8.67. The summed E-state index contributed by atoms with van der Waals surface area (Å²) in [7, 11) is 0. The molecule has 180 valence electrons. The Labute approximate surface area is 211 Å². The normalized spacial score (nSPS) is 23.5. The molecule has 2 atom stereocenters. The Balaban J connectivity index is 0.00000289. The summed E-state index contributed by atoms with van der Waals surface area (Å²) < 4.78 is 0. The minimum atomic E-state index is -0.425. The number of rotatable bonds is 7. The largest absolute Gasteiger partial charge is 0.390 e. The molecule has 0 saturated carbocycles. The van der Waals surface area contributed by atoms with E-state index in [2.05, 4.69) is 51.2 Å². The molecule has 0 radical (unpaired) electrons. The maximum absolute atomic E-state index is 10.7. The van der Waals surface area contributed by atoms with E-state index in [0.717, 1.165) is 51.0 Å². The summed E-state index contributed by atoms with van der Waals surface area (Å²) in [5.41, 5.74) is 2.85. The molecule has 6 nitrogen and oxygen atoms in total. The summed E-state index contributed by atoms with van der Waals surface area (Å²) in [5, 5.41) is 14.1.